The van der Waals surface area contributed by atoms with E-state index in [-0.39, 0.29) is 17.6 Å². The molecule has 3 rings (SSSR count). The molecule has 2 heterocycles. The molecule has 102 valence electrons. The molecular formula is C15H13FN2O2. The zero-order chi connectivity index (χ0) is 13.9. The molecule has 0 saturated carbocycles. The first-order valence-corrected chi connectivity index (χ1v) is 6.39. The van der Waals surface area contributed by atoms with E-state index in [9.17, 15) is 9.18 Å². The highest BCUT2D eigenvalue weighted by Crippen LogP contribution is 2.33. The van der Waals surface area contributed by atoms with Crippen molar-refractivity contribution in [3.8, 4) is 5.75 Å². The van der Waals surface area contributed by atoms with Crippen molar-refractivity contribution in [2.24, 2.45) is 0 Å². The van der Waals surface area contributed by atoms with Crippen LogP contribution in [0.25, 0.3) is 0 Å². The van der Waals surface area contributed by atoms with Gasteiger partial charge in [0.15, 0.2) is 0 Å². The van der Waals surface area contributed by atoms with Crippen molar-refractivity contribution in [2.45, 2.75) is 12.3 Å². The van der Waals surface area contributed by atoms with Crippen LogP contribution in [0.5, 0.6) is 5.75 Å². The molecule has 0 fully saturated rings. The van der Waals surface area contributed by atoms with Crippen molar-refractivity contribution < 1.29 is 13.9 Å². The van der Waals surface area contributed by atoms with Gasteiger partial charge in [-0.2, -0.15) is 4.39 Å². The molecule has 1 unspecified atom stereocenters. The van der Waals surface area contributed by atoms with Crippen LogP contribution in [-0.2, 0) is 4.79 Å². The number of carbonyl (C=O) groups is 1. The number of ether oxygens (including phenoxy) is 1. The van der Waals surface area contributed by atoms with Gasteiger partial charge < -0.3 is 10.1 Å². The standard InChI is InChI=1S/C15H13FN2O2/c16-13-6-3-7-14(17-13)18-15(19)11-8-9-20-12-5-2-1-4-10(11)12/h1-7,11H,8-9H2,(H,17,18,19). The Hall–Kier alpha value is -2.43. The van der Waals surface area contributed by atoms with Crippen molar-refractivity contribution in [1.82, 2.24) is 4.98 Å². The maximum absolute atomic E-state index is 13.0. The molecule has 1 N–H and O–H groups in total. The van der Waals surface area contributed by atoms with Gasteiger partial charge in [0.05, 0.1) is 12.5 Å². The summed E-state index contributed by atoms with van der Waals surface area (Å²) in [5.41, 5.74) is 0.854. The third kappa shape index (κ3) is 2.47. The first kappa shape index (κ1) is 12.6. The SMILES string of the molecule is O=C(Nc1cccc(F)n1)C1CCOc2ccccc21. The predicted molar refractivity (Wildman–Crippen MR) is 72.1 cm³/mol. The fraction of sp³-hybridized carbons (Fsp3) is 0.200. The summed E-state index contributed by atoms with van der Waals surface area (Å²) < 4.78 is 18.5. The molecule has 0 aliphatic carbocycles. The van der Waals surface area contributed by atoms with Crippen LogP contribution in [0.2, 0.25) is 0 Å². The monoisotopic (exact) mass is 272 g/mol. The summed E-state index contributed by atoms with van der Waals surface area (Å²) in [6.45, 7) is 0.492. The number of carbonyl (C=O) groups excluding carboxylic acids is 1. The van der Waals surface area contributed by atoms with Crippen LogP contribution in [0.3, 0.4) is 0 Å². The lowest BCUT2D eigenvalue weighted by Crippen LogP contribution is -2.26. The van der Waals surface area contributed by atoms with Crippen molar-refractivity contribution in [3.05, 3.63) is 54.0 Å². The van der Waals surface area contributed by atoms with Crippen LogP contribution in [0.15, 0.2) is 42.5 Å². The number of hydrogen-bond acceptors (Lipinski definition) is 3. The zero-order valence-corrected chi connectivity index (χ0v) is 10.7. The Labute approximate surface area is 115 Å². The summed E-state index contributed by atoms with van der Waals surface area (Å²) in [5, 5.41) is 2.65. The number of nitrogens with one attached hydrogen (secondary N) is 1. The number of pyridine rings is 1. The van der Waals surface area contributed by atoms with Gasteiger partial charge in [0.1, 0.15) is 11.6 Å². The zero-order valence-electron chi connectivity index (χ0n) is 10.7. The number of rotatable bonds is 2. The Balaban J connectivity index is 1.82. The molecule has 1 aliphatic heterocycles. The van der Waals surface area contributed by atoms with E-state index in [1.807, 2.05) is 24.3 Å². The van der Waals surface area contributed by atoms with E-state index >= 15 is 0 Å². The normalized spacial score (nSPS) is 16.9. The summed E-state index contributed by atoms with van der Waals surface area (Å²) in [7, 11) is 0. The van der Waals surface area contributed by atoms with Crippen LogP contribution < -0.4 is 10.1 Å². The van der Waals surface area contributed by atoms with Crippen molar-refractivity contribution in [2.75, 3.05) is 11.9 Å². The van der Waals surface area contributed by atoms with E-state index in [0.29, 0.717) is 13.0 Å². The smallest absolute Gasteiger partial charge is 0.233 e. The molecule has 0 bridgehead atoms. The van der Waals surface area contributed by atoms with Gasteiger partial charge >= 0.3 is 0 Å². The van der Waals surface area contributed by atoms with Gasteiger partial charge in [-0.3, -0.25) is 4.79 Å². The van der Waals surface area contributed by atoms with Crippen LogP contribution in [0, 0.1) is 5.95 Å². The average Bonchev–Trinajstić information content (AvgIpc) is 2.46. The Morgan fingerprint density at radius 2 is 2.10 bits per heavy atom. The minimum atomic E-state index is -0.616. The average molecular weight is 272 g/mol. The molecule has 20 heavy (non-hydrogen) atoms. The molecule has 1 amide bonds. The molecule has 1 aliphatic rings. The summed E-state index contributed by atoms with van der Waals surface area (Å²) >= 11 is 0. The van der Waals surface area contributed by atoms with Gasteiger partial charge in [0.25, 0.3) is 0 Å². The fourth-order valence-electron chi connectivity index (χ4n) is 2.31. The van der Waals surface area contributed by atoms with Crippen LogP contribution in [0.4, 0.5) is 10.2 Å². The molecule has 1 aromatic carbocycles. The number of benzene rings is 1. The van der Waals surface area contributed by atoms with Gasteiger partial charge in [0.2, 0.25) is 11.9 Å². The number of fused-ring (bicyclic) bond motifs is 1. The largest absolute Gasteiger partial charge is 0.493 e. The highest BCUT2D eigenvalue weighted by atomic mass is 19.1. The van der Waals surface area contributed by atoms with Gasteiger partial charge in [-0.1, -0.05) is 24.3 Å². The lowest BCUT2D eigenvalue weighted by Gasteiger charge is -2.24. The summed E-state index contributed by atoms with van der Waals surface area (Å²) in [6, 6.07) is 11.8. The molecular weight excluding hydrogens is 259 g/mol. The number of nitrogens with zero attached hydrogens (tertiary/aromatic N) is 1. The maximum Gasteiger partial charge on any atom is 0.233 e. The van der Waals surface area contributed by atoms with Crippen molar-refractivity contribution in [1.29, 1.82) is 0 Å². The lowest BCUT2D eigenvalue weighted by molar-refractivity contribution is -0.118. The Morgan fingerprint density at radius 1 is 1.25 bits per heavy atom. The Kier molecular flexibility index (Phi) is 3.33. The number of aromatic nitrogens is 1. The quantitative estimate of drug-likeness (QED) is 0.855. The molecule has 4 nitrogen and oxygen atoms in total. The van der Waals surface area contributed by atoms with Crippen LogP contribution in [0.1, 0.15) is 17.9 Å². The van der Waals surface area contributed by atoms with Gasteiger partial charge in [-0.15, -0.1) is 0 Å². The number of para-hydroxylation sites is 1. The highest BCUT2D eigenvalue weighted by Gasteiger charge is 2.27. The second-order valence-electron chi connectivity index (χ2n) is 4.56. The minimum Gasteiger partial charge on any atom is -0.493 e. The Morgan fingerprint density at radius 3 is 2.95 bits per heavy atom. The van der Waals surface area contributed by atoms with E-state index in [4.69, 9.17) is 4.74 Å². The van der Waals surface area contributed by atoms with E-state index in [1.54, 1.807) is 6.07 Å². The summed E-state index contributed by atoms with van der Waals surface area (Å²) in [6.07, 6.45) is 0.595. The third-order valence-corrected chi connectivity index (χ3v) is 3.24. The van der Waals surface area contributed by atoms with Crippen molar-refractivity contribution in [3.63, 3.8) is 0 Å². The first-order chi connectivity index (χ1) is 9.74. The molecule has 0 spiro atoms. The molecule has 0 radical (unpaired) electrons. The van der Waals surface area contributed by atoms with Crippen LogP contribution in [-0.4, -0.2) is 17.5 Å². The predicted octanol–water partition coefficient (Wildman–Crippen LogP) is 2.73. The minimum absolute atomic E-state index is 0.196. The highest BCUT2D eigenvalue weighted by molar-refractivity contribution is 5.95. The maximum atomic E-state index is 13.0. The third-order valence-electron chi connectivity index (χ3n) is 3.24. The van der Waals surface area contributed by atoms with E-state index < -0.39 is 5.95 Å². The second-order valence-corrected chi connectivity index (χ2v) is 4.56. The van der Waals surface area contributed by atoms with Crippen molar-refractivity contribution >= 4 is 11.7 Å². The van der Waals surface area contributed by atoms with Crippen LogP contribution >= 0.6 is 0 Å². The second kappa shape index (κ2) is 5.28. The topological polar surface area (TPSA) is 51.2 Å². The molecule has 1 atom stereocenters. The molecule has 0 saturated heterocycles. The van der Waals surface area contributed by atoms with E-state index in [2.05, 4.69) is 10.3 Å². The number of hydrogen-bond donors (Lipinski definition) is 1. The fourth-order valence-corrected chi connectivity index (χ4v) is 2.31. The van der Waals surface area contributed by atoms with Gasteiger partial charge in [-0.25, -0.2) is 4.98 Å². The van der Waals surface area contributed by atoms with Gasteiger partial charge in [-0.05, 0) is 24.6 Å². The number of halogens is 1. The molecule has 2 aromatic rings. The Bertz CT molecular complexity index is 645. The number of anilines is 1. The summed E-state index contributed by atoms with van der Waals surface area (Å²) in [4.78, 5) is 15.9. The molecule has 5 heteroatoms. The summed E-state index contributed by atoms with van der Waals surface area (Å²) in [5.74, 6) is -0.163. The van der Waals surface area contributed by atoms with E-state index in [1.165, 1.54) is 12.1 Å². The van der Waals surface area contributed by atoms with Gasteiger partial charge in [0, 0.05) is 5.56 Å². The lowest BCUT2D eigenvalue weighted by atomic mass is 9.92. The molecule has 1 aromatic heterocycles. The number of amides is 1. The first-order valence-electron chi connectivity index (χ1n) is 6.39. The van der Waals surface area contributed by atoms with E-state index in [0.717, 1.165) is 11.3 Å².